The first kappa shape index (κ1) is 15.2. The first-order valence-corrected chi connectivity index (χ1v) is 5.90. The van der Waals surface area contributed by atoms with Gasteiger partial charge in [-0.05, 0) is 18.6 Å². The number of hydrogen-bond donors (Lipinski definition) is 3. The SMILES string of the molecule is N#C/C(=C/Nc1cccnc1)C(=O)NCCCC(=O)O. The van der Waals surface area contributed by atoms with Crippen LogP contribution in [0.5, 0.6) is 0 Å². The van der Waals surface area contributed by atoms with Gasteiger partial charge in [0.1, 0.15) is 11.6 Å². The predicted molar refractivity (Wildman–Crippen MR) is 71.4 cm³/mol. The molecule has 0 aliphatic carbocycles. The Morgan fingerprint density at radius 2 is 2.30 bits per heavy atom. The van der Waals surface area contributed by atoms with Gasteiger partial charge in [-0.25, -0.2) is 0 Å². The van der Waals surface area contributed by atoms with Crippen LogP contribution in [0.1, 0.15) is 12.8 Å². The van der Waals surface area contributed by atoms with E-state index in [1.807, 2.05) is 0 Å². The lowest BCUT2D eigenvalue weighted by molar-refractivity contribution is -0.137. The number of hydrogen-bond acceptors (Lipinski definition) is 5. The number of aromatic nitrogens is 1. The van der Waals surface area contributed by atoms with Crippen LogP contribution >= 0.6 is 0 Å². The van der Waals surface area contributed by atoms with Crippen LogP contribution in [0.3, 0.4) is 0 Å². The number of aliphatic carboxylic acids is 1. The molecule has 0 saturated heterocycles. The standard InChI is InChI=1S/C13H14N4O3/c14-7-10(8-17-11-3-1-5-15-9-11)13(20)16-6-2-4-12(18)19/h1,3,5,8-9,17H,2,4,6H2,(H,16,20)(H,18,19)/b10-8-. The number of pyridine rings is 1. The van der Waals surface area contributed by atoms with E-state index in [1.54, 1.807) is 30.6 Å². The molecule has 0 unspecified atom stereocenters. The largest absolute Gasteiger partial charge is 0.481 e. The molecule has 3 N–H and O–H groups in total. The van der Waals surface area contributed by atoms with Gasteiger partial charge in [0.25, 0.3) is 5.91 Å². The number of anilines is 1. The van der Waals surface area contributed by atoms with E-state index in [2.05, 4.69) is 15.6 Å². The molecule has 1 amide bonds. The number of carbonyl (C=O) groups excluding carboxylic acids is 1. The van der Waals surface area contributed by atoms with E-state index in [9.17, 15) is 9.59 Å². The summed E-state index contributed by atoms with van der Waals surface area (Å²) in [7, 11) is 0. The van der Waals surface area contributed by atoms with E-state index >= 15 is 0 Å². The summed E-state index contributed by atoms with van der Waals surface area (Å²) in [6.07, 6.45) is 4.73. The molecule has 7 nitrogen and oxygen atoms in total. The maximum atomic E-state index is 11.6. The van der Waals surface area contributed by atoms with Gasteiger partial charge in [-0.3, -0.25) is 14.6 Å². The van der Waals surface area contributed by atoms with E-state index in [-0.39, 0.29) is 18.5 Å². The van der Waals surface area contributed by atoms with Crippen LogP contribution in [0.15, 0.2) is 36.3 Å². The molecular weight excluding hydrogens is 260 g/mol. The monoisotopic (exact) mass is 274 g/mol. The molecule has 1 heterocycles. The van der Waals surface area contributed by atoms with Crippen LogP contribution < -0.4 is 10.6 Å². The highest BCUT2D eigenvalue weighted by molar-refractivity contribution is 5.97. The molecule has 7 heteroatoms. The first-order valence-electron chi connectivity index (χ1n) is 5.90. The van der Waals surface area contributed by atoms with Crippen LogP contribution in [0, 0.1) is 11.3 Å². The summed E-state index contributed by atoms with van der Waals surface area (Å²) in [6, 6.07) is 5.23. The van der Waals surface area contributed by atoms with Gasteiger partial charge in [0.15, 0.2) is 0 Å². The maximum Gasteiger partial charge on any atom is 0.303 e. The number of carboxylic acids is 1. The molecule has 0 spiro atoms. The van der Waals surface area contributed by atoms with E-state index in [1.165, 1.54) is 6.20 Å². The highest BCUT2D eigenvalue weighted by atomic mass is 16.4. The van der Waals surface area contributed by atoms with Crippen LogP contribution in [-0.2, 0) is 9.59 Å². The molecule has 1 rings (SSSR count). The molecule has 0 radical (unpaired) electrons. The van der Waals surface area contributed by atoms with Crippen LogP contribution in [-0.4, -0.2) is 28.5 Å². The summed E-state index contributed by atoms with van der Waals surface area (Å²) in [5.41, 5.74) is 0.558. The lowest BCUT2D eigenvalue weighted by Gasteiger charge is -2.04. The van der Waals surface area contributed by atoms with Gasteiger partial charge in [0.2, 0.25) is 0 Å². The number of nitrogens with one attached hydrogen (secondary N) is 2. The summed E-state index contributed by atoms with van der Waals surface area (Å²) in [5, 5.41) is 22.6. The van der Waals surface area contributed by atoms with Crippen LogP contribution in [0.2, 0.25) is 0 Å². The minimum Gasteiger partial charge on any atom is -0.481 e. The Kier molecular flexibility index (Phi) is 6.27. The van der Waals surface area contributed by atoms with Crippen molar-refractivity contribution in [3.8, 4) is 6.07 Å². The van der Waals surface area contributed by atoms with E-state index in [4.69, 9.17) is 10.4 Å². The van der Waals surface area contributed by atoms with Crippen molar-refractivity contribution in [2.75, 3.05) is 11.9 Å². The molecule has 0 fully saturated rings. The summed E-state index contributed by atoms with van der Waals surface area (Å²) in [4.78, 5) is 25.8. The number of rotatable bonds is 7. The molecule has 0 bridgehead atoms. The van der Waals surface area contributed by atoms with Crippen molar-refractivity contribution in [2.45, 2.75) is 12.8 Å². The molecule has 0 atom stereocenters. The molecule has 104 valence electrons. The summed E-state index contributed by atoms with van der Waals surface area (Å²) < 4.78 is 0. The smallest absolute Gasteiger partial charge is 0.303 e. The minimum absolute atomic E-state index is 0.0280. The Morgan fingerprint density at radius 1 is 1.50 bits per heavy atom. The second-order valence-corrected chi connectivity index (χ2v) is 3.81. The van der Waals surface area contributed by atoms with E-state index in [0.717, 1.165) is 0 Å². The Balaban J connectivity index is 2.47. The zero-order chi connectivity index (χ0) is 14.8. The number of amides is 1. The number of carboxylic acid groups (broad SMARTS) is 1. The van der Waals surface area contributed by atoms with Gasteiger partial charge in [-0.1, -0.05) is 0 Å². The third-order valence-corrected chi connectivity index (χ3v) is 2.26. The zero-order valence-electron chi connectivity index (χ0n) is 10.7. The Labute approximate surface area is 115 Å². The fourth-order valence-corrected chi connectivity index (χ4v) is 1.29. The van der Waals surface area contributed by atoms with Gasteiger partial charge in [0.05, 0.1) is 11.9 Å². The molecule has 1 aromatic rings. The van der Waals surface area contributed by atoms with Crippen molar-refractivity contribution in [1.29, 1.82) is 5.26 Å². The molecule has 0 aliphatic rings. The number of nitriles is 1. The van der Waals surface area contributed by atoms with Crippen molar-refractivity contribution < 1.29 is 14.7 Å². The lowest BCUT2D eigenvalue weighted by Crippen LogP contribution is -2.26. The summed E-state index contributed by atoms with van der Waals surface area (Å²) in [5.74, 6) is -1.47. The second kappa shape index (κ2) is 8.26. The quantitative estimate of drug-likeness (QED) is 0.386. The Bertz CT molecular complexity index is 534. The average Bonchev–Trinajstić information content (AvgIpc) is 2.45. The van der Waals surface area contributed by atoms with Crippen molar-refractivity contribution in [2.24, 2.45) is 0 Å². The first-order chi connectivity index (χ1) is 9.63. The fourth-order valence-electron chi connectivity index (χ4n) is 1.29. The van der Waals surface area contributed by atoms with E-state index in [0.29, 0.717) is 12.1 Å². The highest BCUT2D eigenvalue weighted by Crippen LogP contribution is 2.04. The number of nitrogens with zero attached hydrogens (tertiary/aromatic N) is 2. The topological polar surface area (TPSA) is 115 Å². The molecule has 20 heavy (non-hydrogen) atoms. The molecule has 0 aromatic carbocycles. The van der Waals surface area contributed by atoms with Crippen molar-refractivity contribution in [3.63, 3.8) is 0 Å². The fraction of sp³-hybridized carbons (Fsp3) is 0.231. The van der Waals surface area contributed by atoms with E-state index < -0.39 is 11.9 Å². The molecule has 0 aliphatic heterocycles. The van der Waals surface area contributed by atoms with Gasteiger partial charge in [-0.2, -0.15) is 5.26 Å². The molecule has 1 aromatic heterocycles. The average molecular weight is 274 g/mol. The third-order valence-electron chi connectivity index (χ3n) is 2.26. The normalized spacial score (nSPS) is 10.4. The van der Waals surface area contributed by atoms with Crippen LogP contribution in [0.25, 0.3) is 0 Å². The predicted octanol–water partition coefficient (Wildman–Crippen LogP) is 0.882. The maximum absolute atomic E-state index is 11.6. The van der Waals surface area contributed by atoms with Gasteiger partial charge < -0.3 is 15.7 Å². The molecule has 0 saturated carbocycles. The molecular formula is C13H14N4O3. The van der Waals surface area contributed by atoms with Crippen molar-refractivity contribution >= 4 is 17.6 Å². The Morgan fingerprint density at radius 3 is 2.90 bits per heavy atom. The second-order valence-electron chi connectivity index (χ2n) is 3.81. The summed E-state index contributed by atoms with van der Waals surface area (Å²) in [6.45, 7) is 0.205. The van der Waals surface area contributed by atoms with Gasteiger partial charge in [-0.15, -0.1) is 0 Å². The zero-order valence-corrected chi connectivity index (χ0v) is 10.7. The third kappa shape index (κ3) is 5.64. The highest BCUT2D eigenvalue weighted by Gasteiger charge is 2.08. The Hall–Kier alpha value is -2.88. The van der Waals surface area contributed by atoms with Crippen LogP contribution in [0.4, 0.5) is 5.69 Å². The van der Waals surface area contributed by atoms with Gasteiger partial charge >= 0.3 is 5.97 Å². The minimum atomic E-state index is -0.923. The van der Waals surface area contributed by atoms with Gasteiger partial charge in [0, 0.05) is 25.4 Å². The van der Waals surface area contributed by atoms with Crippen molar-refractivity contribution in [1.82, 2.24) is 10.3 Å². The lowest BCUT2D eigenvalue weighted by atomic mass is 10.2. The summed E-state index contributed by atoms with van der Waals surface area (Å²) >= 11 is 0. The number of carbonyl (C=O) groups is 2. The van der Waals surface area contributed by atoms with Crippen molar-refractivity contribution in [3.05, 3.63) is 36.3 Å².